The maximum atomic E-state index is 12.2. The highest BCUT2D eigenvalue weighted by Gasteiger charge is 2.15. The number of rotatable bonds is 6. The molecule has 21 heavy (non-hydrogen) atoms. The van der Waals surface area contributed by atoms with E-state index in [4.69, 9.17) is 0 Å². The Morgan fingerprint density at radius 1 is 1.33 bits per heavy atom. The maximum absolute atomic E-state index is 12.2. The van der Waals surface area contributed by atoms with E-state index in [1.165, 1.54) is 12.6 Å². The molecule has 2 rings (SSSR count). The Balaban J connectivity index is 2.03. The minimum atomic E-state index is -3.30. The largest absolute Gasteiger partial charge is 0.307 e. The number of benzene rings is 1. The molecular formula is C13H17N3O3S2. The Hall–Kier alpha value is -1.54. The molecular weight excluding hydrogens is 310 g/mol. The fraction of sp³-hybridized carbons (Fsp3) is 0.385. The summed E-state index contributed by atoms with van der Waals surface area (Å²) < 4.78 is 37.5. The van der Waals surface area contributed by atoms with E-state index >= 15 is 0 Å². The van der Waals surface area contributed by atoms with Crippen LogP contribution in [0.4, 0.5) is 0 Å². The second-order valence-electron chi connectivity index (χ2n) is 4.75. The van der Waals surface area contributed by atoms with E-state index in [9.17, 15) is 12.6 Å². The standard InChI is InChI=1S/C13H17N3O3S2/c1-11-5-3-6-12(9-11)21(18,19)8-4-7-16-10-14-15-13(16)20(2)17/h3,5-6,9-10H,4,7-8H2,1-2H3. The number of aryl methyl sites for hydroxylation is 2. The van der Waals surface area contributed by atoms with Crippen LogP contribution in [0.2, 0.25) is 0 Å². The van der Waals surface area contributed by atoms with E-state index in [-0.39, 0.29) is 5.75 Å². The van der Waals surface area contributed by atoms with Crippen LogP contribution in [0.3, 0.4) is 0 Å². The highest BCUT2D eigenvalue weighted by molar-refractivity contribution is 7.91. The smallest absolute Gasteiger partial charge is 0.221 e. The van der Waals surface area contributed by atoms with Gasteiger partial charge in [-0.05, 0) is 31.0 Å². The van der Waals surface area contributed by atoms with Gasteiger partial charge in [-0.1, -0.05) is 12.1 Å². The zero-order valence-corrected chi connectivity index (χ0v) is 13.5. The number of sulfone groups is 1. The van der Waals surface area contributed by atoms with Crippen molar-refractivity contribution >= 4 is 20.6 Å². The Morgan fingerprint density at radius 2 is 2.10 bits per heavy atom. The van der Waals surface area contributed by atoms with Crippen LogP contribution in [0.1, 0.15) is 12.0 Å². The highest BCUT2D eigenvalue weighted by Crippen LogP contribution is 2.14. The summed E-state index contributed by atoms with van der Waals surface area (Å²) in [5.41, 5.74) is 0.915. The summed E-state index contributed by atoms with van der Waals surface area (Å²) in [4.78, 5) is 0.338. The lowest BCUT2D eigenvalue weighted by molar-refractivity contribution is 0.575. The molecule has 0 N–H and O–H groups in total. The Labute approximate surface area is 126 Å². The van der Waals surface area contributed by atoms with Crippen LogP contribution in [0, 0.1) is 6.92 Å². The van der Waals surface area contributed by atoms with E-state index in [2.05, 4.69) is 10.2 Å². The van der Waals surface area contributed by atoms with Crippen molar-refractivity contribution in [1.29, 1.82) is 0 Å². The molecule has 8 heteroatoms. The van der Waals surface area contributed by atoms with Crippen molar-refractivity contribution in [1.82, 2.24) is 14.8 Å². The predicted octanol–water partition coefficient (Wildman–Crippen LogP) is 1.19. The van der Waals surface area contributed by atoms with Crippen molar-refractivity contribution in [3.8, 4) is 0 Å². The van der Waals surface area contributed by atoms with Gasteiger partial charge < -0.3 is 4.57 Å². The number of nitrogens with zero attached hydrogens (tertiary/aromatic N) is 3. The van der Waals surface area contributed by atoms with E-state index in [1.807, 2.05) is 13.0 Å². The molecule has 6 nitrogen and oxygen atoms in total. The topological polar surface area (TPSA) is 81.9 Å². The average Bonchev–Trinajstić information content (AvgIpc) is 2.87. The van der Waals surface area contributed by atoms with E-state index < -0.39 is 20.6 Å². The fourth-order valence-electron chi connectivity index (χ4n) is 1.97. The molecule has 114 valence electrons. The van der Waals surface area contributed by atoms with Gasteiger partial charge >= 0.3 is 0 Å². The van der Waals surface area contributed by atoms with Gasteiger partial charge in [-0.15, -0.1) is 10.2 Å². The third kappa shape index (κ3) is 3.98. The first kappa shape index (κ1) is 15.8. The SMILES string of the molecule is Cc1cccc(S(=O)(=O)CCCn2cnnc2S(C)=O)c1. The summed E-state index contributed by atoms with van der Waals surface area (Å²) >= 11 is 0. The lowest BCUT2D eigenvalue weighted by Gasteiger charge is -2.07. The van der Waals surface area contributed by atoms with Crippen molar-refractivity contribution in [2.75, 3.05) is 12.0 Å². The second kappa shape index (κ2) is 6.48. The number of hydrogen-bond acceptors (Lipinski definition) is 5. The molecule has 0 saturated carbocycles. The van der Waals surface area contributed by atoms with Gasteiger partial charge in [0.25, 0.3) is 0 Å². The predicted molar refractivity (Wildman–Crippen MR) is 80.2 cm³/mol. The molecule has 0 radical (unpaired) electrons. The quantitative estimate of drug-likeness (QED) is 0.796. The van der Waals surface area contributed by atoms with Crippen LogP contribution in [0.5, 0.6) is 0 Å². The minimum absolute atomic E-state index is 0.0322. The molecule has 1 aromatic carbocycles. The zero-order valence-electron chi connectivity index (χ0n) is 11.9. The van der Waals surface area contributed by atoms with Crippen molar-refractivity contribution in [2.24, 2.45) is 0 Å². The lowest BCUT2D eigenvalue weighted by Crippen LogP contribution is -2.11. The number of aromatic nitrogens is 3. The van der Waals surface area contributed by atoms with Crippen LogP contribution in [0.15, 0.2) is 40.6 Å². The van der Waals surface area contributed by atoms with Crippen LogP contribution in [-0.2, 0) is 27.2 Å². The first-order valence-corrected chi connectivity index (χ1v) is 9.62. The van der Waals surface area contributed by atoms with Gasteiger partial charge in [0.2, 0.25) is 5.16 Å². The van der Waals surface area contributed by atoms with E-state index in [1.54, 1.807) is 22.8 Å². The molecule has 1 atom stereocenters. The van der Waals surface area contributed by atoms with Crippen LogP contribution in [0.25, 0.3) is 0 Å². The first-order chi connectivity index (χ1) is 9.90. The molecule has 0 aliphatic heterocycles. The summed E-state index contributed by atoms with van der Waals surface area (Å²) in [7, 11) is -4.53. The minimum Gasteiger partial charge on any atom is -0.307 e. The molecule has 1 unspecified atom stereocenters. The van der Waals surface area contributed by atoms with Crippen LogP contribution in [-0.4, -0.2) is 39.4 Å². The molecule has 0 amide bonds. The van der Waals surface area contributed by atoms with Gasteiger partial charge in [0.15, 0.2) is 9.84 Å². The third-order valence-electron chi connectivity index (χ3n) is 3.00. The van der Waals surface area contributed by atoms with Gasteiger partial charge in [-0.25, -0.2) is 8.42 Å². The normalized spacial score (nSPS) is 13.2. The highest BCUT2D eigenvalue weighted by atomic mass is 32.2. The summed E-state index contributed by atoms with van der Waals surface area (Å²) in [5, 5.41) is 7.83. The fourth-order valence-corrected chi connectivity index (χ4v) is 4.00. The summed E-state index contributed by atoms with van der Waals surface area (Å²) in [6, 6.07) is 6.87. The molecule has 0 saturated heterocycles. The maximum Gasteiger partial charge on any atom is 0.221 e. The Kier molecular flexibility index (Phi) is 4.89. The van der Waals surface area contributed by atoms with Gasteiger partial charge in [0.1, 0.15) is 6.33 Å². The van der Waals surface area contributed by atoms with Gasteiger partial charge in [0.05, 0.1) is 21.4 Å². The molecule has 1 aromatic heterocycles. The Morgan fingerprint density at radius 3 is 2.76 bits per heavy atom. The summed E-state index contributed by atoms with van der Waals surface area (Å²) in [5.74, 6) is 0.0322. The summed E-state index contributed by atoms with van der Waals surface area (Å²) in [6.45, 7) is 2.28. The molecule has 0 aliphatic rings. The Bertz CT molecular complexity index is 754. The van der Waals surface area contributed by atoms with Crippen LogP contribution >= 0.6 is 0 Å². The van der Waals surface area contributed by atoms with E-state index in [0.29, 0.717) is 23.0 Å². The molecule has 0 spiro atoms. The van der Waals surface area contributed by atoms with Gasteiger partial charge in [-0.2, -0.15) is 0 Å². The van der Waals surface area contributed by atoms with Crippen molar-refractivity contribution < 1.29 is 12.6 Å². The summed E-state index contributed by atoms with van der Waals surface area (Å²) in [6.07, 6.45) is 3.40. The zero-order chi connectivity index (χ0) is 15.5. The third-order valence-corrected chi connectivity index (χ3v) is 5.63. The molecule has 2 aromatic rings. The van der Waals surface area contributed by atoms with Crippen molar-refractivity contribution in [3.05, 3.63) is 36.2 Å². The average molecular weight is 327 g/mol. The van der Waals surface area contributed by atoms with Crippen molar-refractivity contribution in [3.63, 3.8) is 0 Å². The van der Waals surface area contributed by atoms with E-state index in [0.717, 1.165) is 5.56 Å². The molecule has 0 aliphatic carbocycles. The molecule has 0 fully saturated rings. The second-order valence-corrected chi connectivity index (χ2v) is 8.13. The molecule has 1 heterocycles. The molecule has 0 bridgehead atoms. The monoisotopic (exact) mass is 327 g/mol. The number of hydrogen-bond donors (Lipinski definition) is 0. The van der Waals surface area contributed by atoms with Gasteiger partial charge in [0, 0.05) is 12.8 Å². The lowest BCUT2D eigenvalue weighted by atomic mass is 10.2. The van der Waals surface area contributed by atoms with Crippen molar-refractivity contribution in [2.45, 2.75) is 29.9 Å². The first-order valence-electron chi connectivity index (χ1n) is 6.41. The van der Waals surface area contributed by atoms with Crippen LogP contribution < -0.4 is 0 Å². The van der Waals surface area contributed by atoms with Gasteiger partial charge in [-0.3, -0.25) is 4.21 Å².